The van der Waals surface area contributed by atoms with Crippen molar-refractivity contribution in [3.63, 3.8) is 0 Å². The Balaban J connectivity index is 0.000000291. The molecule has 0 unspecified atom stereocenters. The lowest BCUT2D eigenvalue weighted by molar-refractivity contribution is -0.149. The molecule has 29 heavy (non-hydrogen) atoms. The van der Waals surface area contributed by atoms with E-state index in [1.807, 2.05) is 48.2 Å². The molecular formula is C22H34N4O3. The Hall–Kier alpha value is -2.67. The van der Waals surface area contributed by atoms with Crippen molar-refractivity contribution in [1.82, 2.24) is 19.6 Å². The van der Waals surface area contributed by atoms with Crippen LogP contribution in [-0.4, -0.2) is 98.2 Å². The fourth-order valence-electron chi connectivity index (χ4n) is 2.71. The number of hydrogen-bond donors (Lipinski definition) is 0. The highest BCUT2D eigenvalue weighted by atomic mass is 16.2. The molecule has 2 aliphatic heterocycles. The maximum atomic E-state index is 11.7. The molecule has 2 rings (SSSR count). The molecule has 0 spiro atoms. The lowest BCUT2D eigenvalue weighted by Crippen LogP contribution is -2.42. The molecule has 0 fully saturated rings. The first-order valence-corrected chi connectivity index (χ1v) is 9.73. The summed E-state index contributed by atoms with van der Waals surface area (Å²) in [4.78, 5) is 41.4. The molecule has 0 aromatic rings. The van der Waals surface area contributed by atoms with Crippen LogP contribution in [0.2, 0.25) is 0 Å². The number of likely N-dealkylation sites (N-methyl/N-ethyl adjacent to an activating group) is 2. The van der Waals surface area contributed by atoms with Crippen molar-refractivity contribution in [1.29, 1.82) is 0 Å². The van der Waals surface area contributed by atoms with Crippen molar-refractivity contribution in [2.45, 2.75) is 12.8 Å². The number of nitrogens with zero attached hydrogens (tertiary/aromatic N) is 4. The quantitative estimate of drug-likeness (QED) is 0.654. The Bertz CT molecular complexity index is 692. The smallest absolute Gasteiger partial charge is 0.312 e. The van der Waals surface area contributed by atoms with E-state index in [9.17, 15) is 14.4 Å². The molecule has 160 valence electrons. The van der Waals surface area contributed by atoms with Crippen molar-refractivity contribution in [3.05, 3.63) is 48.6 Å². The summed E-state index contributed by atoms with van der Waals surface area (Å²) in [6, 6.07) is 0. The van der Waals surface area contributed by atoms with Crippen LogP contribution in [0.25, 0.3) is 0 Å². The van der Waals surface area contributed by atoms with Crippen LogP contribution in [0.1, 0.15) is 12.8 Å². The van der Waals surface area contributed by atoms with Crippen molar-refractivity contribution in [2.24, 2.45) is 0 Å². The number of carbonyl (C=O) groups excluding carboxylic acids is 3. The molecule has 2 heterocycles. The van der Waals surface area contributed by atoms with Crippen LogP contribution < -0.4 is 0 Å². The molecule has 0 aromatic heterocycles. The number of allylic oxidation sites excluding steroid dienone is 2. The maximum Gasteiger partial charge on any atom is 0.312 e. The summed E-state index contributed by atoms with van der Waals surface area (Å²) in [5, 5.41) is 0. The lowest BCUT2D eigenvalue weighted by Gasteiger charge is -2.21. The monoisotopic (exact) mass is 402 g/mol. The van der Waals surface area contributed by atoms with Crippen molar-refractivity contribution in [2.75, 3.05) is 60.9 Å². The zero-order valence-corrected chi connectivity index (χ0v) is 18.2. The second kappa shape index (κ2) is 12.0. The second-order valence-electron chi connectivity index (χ2n) is 7.65. The van der Waals surface area contributed by atoms with Crippen LogP contribution >= 0.6 is 0 Å². The topological polar surface area (TPSA) is 64.2 Å². The van der Waals surface area contributed by atoms with E-state index in [-0.39, 0.29) is 5.91 Å². The highest BCUT2D eigenvalue weighted by Gasteiger charge is 2.23. The van der Waals surface area contributed by atoms with Gasteiger partial charge in [-0.25, -0.2) is 0 Å². The molecule has 0 saturated heterocycles. The minimum Gasteiger partial charge on any atom is -0.341 e. The molecule has 7 heteroatoms. The summed E-state index contributed by atoms with van der Waals surface area (Å²) in [7, 11) is 6.97. The summed E-state index contributed by atoms with van der Waals surface area (Å²) in [6.45, 7) is 10.8. The molecule has 0 aromatic carbocycles. The normalized spacial score (nSPS) is 16.7. The third-order valence-electron chi connectivity index (χ3n) is 4.44. The van der Waals surface area contributed by atoms with Gasteiger partial charge >= 0.3 is 11.8 Å². The zero-order valence-electron chi connectivity index (χ0n) is 18.2. The number of amides is 3. The van der Waals surface area contributed by atoms with E-state index < -0.39 is 11.8 Å². The molecule has 0 N–H and O–H groups in total. The van der Waals surface area contributed by atoms with Gasteiger partial charge in [0.25, 0.3) is 0 Å². The fraction of sp³-hybridized carbons (Fsp3) is 0.500. The van der Waals surface area contributed by atoms with Gasteiger partial charge in [-0.15, -0.1) is 0 Å². The van der Waals surface area contributed by atoms with Crippen LogP contribution in [0.3, 0.4) is 0 Å². The average Bonchev–Trinajstić information content (AvgIpc) is 3.00. The van der Waals surface area contributed by atoms with Gasteiger partial charge in [-0.05, 0) is 26.9 Å². The van der Waals surface area contributed by atoms with Crippen LogP contribution in [0.5, 0.6) is 0 Å². The highest BCUT2D eigenvalue weighted by molar-refractivity contribution is 6.34. The zero-order chi connectivity index (χ0) is 22.0. The van der Waals surface area contributed by atoms with Crippen molar-refractivity contribution >= 4 is 17.7 Å². The van der Waals surface area contributed by atoms with E-state index >= 15 is 0 Å². The summed E-state index contributed by atoms with van der Waals surface area (Å²) >= 11 is 0. The first-order chi connectivity index (χ1) is 13.6. The second-order valence-corrected chi connectivity index (χ2v) is 7.65. The first kappa shape index (κ1) is 24.4. The molecular weight excluding hydrogens is 368 g/mol. The molecule has 3 amide bonds. The van der Waals surface area contributed by atoms with Crippen LogP contribution in [0.4, 0.5) is 0 Å². The third kappa shape index (κ3) is 8.91. The largest absolute Gasteiger partial charge is 0.341 e. The number of carbonyl (C=O) groups is 3. The van der Waals surface area contributed by atoms with Gasteiger partial charge in [0, 0.05) is 40.3 Å². The molecule has 0 aliphatic carbocycles. The Kier molecular flexibility index (Phi) is 10.1. The first-order valence-electron chi connectivity index (χ1n) is 9.73. The van der Waals surface area contributed by atoms with E-state index in [0.717, 1.165) is 30.5 Å². The minimum atomic E-state index is -0.476. The van der Waals surface area contributed by atoms with Crippen molar-refractivity contribution < 1.29 is 14.4 Å². The Labute approximate surface area is 174 Å². The summed E-state index contributed by atoms with van der Waals surface area (Å²) in [5.41, 5.74) is 2.09. The van der Waals surface area contributed by atoms with E-state index in [4.69, 9.17) is 0 Å². The maximum absolute atomic E-state index is 11.7. The summed E-state index contributed by atoms with van der Waals surface area (Å²) in [5.74, 6) is -0.732. The standard InChI is InChI=1S/C11H16N2O2.C11H18N2O/c1-9-5-4-7-13(8-6-9)11(15)10(14)12(2)3;1-10-5-4-7-13(8-6-10)11(14)9-12(2)3/h4-5H,1,6-8H2,2-3H3;4-5H,1,6-9H2,2-3H3. The van der Waals surface area contributed by atoms with E-state index in [2.05, 4.69) is 13.2 Å². The Morgan fingerprint density at radius 1 is 0.897 bits per heavy atom. The van der Waals surface area contributed by atoms with Crippen LogP contribution in [0, 0.1) is 0 Å². The Morgan fingerprint density at radius 2 is 1.38 bits per heavy atom. The highest BCUT2D eigenvalue weighted by Crippen LogP contribution is 2.09. The van der Waals surface area contributed by atoms with Gasteiger partial charge in [-0.2, -0.15) is 0 Å². The van der Waals surface area contributed by atoms with Crippen LogP contribution in [0.15, 0.2) is 48.6 Å². The number of hydrogen-bond acceptors (Lipinski definition) is 4. The van der Waals surface area contributed by atoms with Gasteiger partial charge in [-0.3, -0.25) is 14.4 Å². The van der Waals surface area contributed by atoms with Crippen molar-refractivity contribution in [3.8, 4) is 0 Å². The number of rotatable bonds is 2. The van der Waals surface area contributed by atoms with Gasteiger partial charge in [0.05, 0.1) is 6.54 Å². The minimum absolute atomic E-state index is 0.189. The SMILES string of the molecule is C=C1C=CCN(C(=O)C(=O)N(C)C)CC1.C=C1C=CCN(C(=O)CN(C)C)CC1. The van der Waals surface area contributed by atoms with Gasteiger partial charge in [-0.1, -0.05) is 48.6 Å². The molecule has 0 bridgehead atoms. The average molecular weight is 403 g/mol. The van der Waals surface area contributed by atoms with Gasteiger partial charge in [0.1, 0.15) is 0 Å². The summed E-state index contributed by atoms with van der Waals surface area (Å²) in [6.07, 6.45) is 9.37. The van der Waals surface area contributed by atoms with E-state index in [1.54, 1.807) is 14.1 Å². The van der Waals surface area contributed by atoms with Crippen LogP contribution in [-0.2, 0) is 14.4 Å². The molecule has 2 aliphatic rings. The van der Waals surface area contributed by atoms with E-state index in [0.29, 0.717) is 26.2 Å². The lowest BCUT2D eigenvalue weighted by atomic mass is 10.2. The Morgan fingerprint density at radius 3 is 1.86 bits per heavy atom. The predicted molar refractivity (Wildman–Crippen MR) is 116 cm³/mol. The molecule has 7 nitrogen and oxygen atoms in total. The molecule has 0 atom stereocenters. The fourth-order valence-corrected chi connectivity index (χ4v) is 2.71. The summed E-state index contributed by atoms with van der Waals surface area (Å²) < 4.78 is 0. The molecule has 0 radical (unpaired) electrons. The van der Waals surface area contributed by atoms with Gasteiger partial charge in [0.2, 0.25) is 5.91 Å². The van der Waals surface area contributed by atoms with Gasteiger partial charge < -0.3 is 19.6 Å². The molecule has 0 saturated carbocycles. The third-order valence-corrected chi connectivity index (χ3v) is 4.44. The van der Waals surface area contributed by atoms with E-state index in [1.165, 1.54) is 9.80 Å². The van der Waals surface area contributed by atoms with Gasteiger partial charge in [0.15, 0.2) is 0 Å². The predicted octanol–water partition coefficient (Wildman–Crippen LogP) is 1.31.